The highest BCUT2D eigenvalue weighted by Crippen LogP contribution is 2.60. The van der Waals surface area contributed by atoms with E-state index in [4.69, 9.17) is 4.74 Å². The van der Waals surface area contributed by atoms with Crippen molar-refractivity contribution < 1.29 is 19.7 Å². The zero-order chi connectivity index (χ0) is 17.2. The highest BCUT2D eigenvalue weighted by atomic mass is 16.5. The molecule has 0 saturated heterocycles. The zero-order valence-corrected chi connectivity index (χ0v) is 14.6. The van der Waals surface area contributed by atoms with Gasteiger partial charge < -0.3 is 14.9 Å². The number of phenols is 1. The van der Waals surface area contributed by atoms with Crippen LogP contribution in [0.5, 0.6) is 11.5 Å². The maximum absolute atomic E-state index is 11.9. The second kappa shape index (κ2) is 4.89. The molecule has 126 valence electrons. The minimum atomic E-state index is -0.947. The summed E-state index contributed by atoms with van der Waals surface area (Å²) < 4.78 is 6.23. The van der Waals surface area contributed by atoms with E-state index in [1.165, 1.54) is 0 Å². The number of benzene rings is 1. The van der Waals surface area contributed by atoms with Gasteiger partial charge in [-0.15, -0.1) is 0 Å². The topological polar surface area (TPSA) is 66.8 Å². The van der Waals surface area contributed by atoms with Crippen molar-refractivity contribution in [2.75, 3.05) is 0 Å². The van der Waals surface area contributed by atoms with Crippen LogP contribution in [0.2, 0.25) is 0 Å². The first-order valence-electron chi connectivity index (χ1n) is 8.40. The van der Waals surface area contributed by atoms with E-state index in [1.807, 2.05) is 13.8 Å². The van der Waals surface area contributed by atoms with Gasteiger partial charge in [-0.25, -0.2) is 4.79 Å². The van der Waals surface area contributed by atoms with Crippen LogP contribution < -0.4 is 4.74 Å². The van der Waals surface area contributed by atoms with Crippen LogP contribution in [0.3, 0.4) is 0 Å². The first-order valence-corrected chi connectivity index (χ1v) is 8.40. The predicted molar refractivity (Wildman–Crippen MR) is 88.6 cm³/mol. The maximum atomic E-state index is 11.9. The summed E-state index contributed by atoms with van der Waals surface area (Å²) in [5.74, 6) is -0.398. The van der Waals surface area contributed by atoms with Crippen molar-refractivity contribution in [3.8, 4) is 11.5 Å². The van der Waals surface area contributed by atoms with Crippen LogP contribution in [0.15, 0.2) is 6.07 Å². The number of phenolic OH excluding ortho intramolecular Hbond substituents is 1. The first kappa shape index (κ1) is 16.2. The molecule has 1 saturated carbocycles. The molecule has 2 aliphatic rings. The van der Waals surface area contributed by atoms with Gasteiger partial charge in [0.1, 0.15) is 6.10 Å². The number of carboxylic acids is 1. The Labute approximate surface area is 137 Å². The standard InChI is InChI=1S/C19H26O4/c1-10(2)11-9-12(16(21)22)13-15(14(11)20)23-17-18(3,4)7-6-8-19(13,17)5/h9-10,17,20H,6-8H2,1-5H3,(H,21,22)/t17-,19+/m0/s1. The molecule has 1 heterocycles. The summed E-state index contributed by atoms with van der Waals surface area (Å²) in [5.41, 5.74) is 1.19. The average Bonchev–Trinajstić information content (AvgIpc) is 2.74. The van der Waals surface area contributed by atoms with E-state index in [1.54, 1.807) is 6.07 Å². The molecule has 1 fully saturated rings. The van der Waals surface area contributed by atoms with Crippen molar-refractivity contribution in [1.82, 2.24) is 0 Å². The van der Waals surface area contributed by atoms with Gasteiger partial charge in [-0.1, -0.05) is 41.0 Å². The van der Waals surface area contributed by atoms with Gasteiger partial charge in [0.2, 0.25) is 0 Å². The van der Waals surface area contributed by atoms with E-state index in [9.17, 15) is 15.0 Å². The Morgan fingerprint density at radius 2 is 1.96 bits per heavy atom. The normalized spacial score (nSPS) is 28.2. The lowest BCUT2D eigenvalue weighted by molar-refractivity contribution is -0.00217. The monoisotopic (exact) mass is 318 g/mol. The van der Waals surface area contributed by atoms with E-state index < -0.39 is 5.97 Å². The Hall–Kier alpha value is -1.71. The quantitative estimate of drug-likeness (QED) is 0.846. The van der Waals surface area contributed by atoms with Crippen molar-refractivity contribution in [1.29, 1.82) is 0 Å². The average molecular weight is 318 g/mol. The van der Waals surface area contributed by atoms with Crippen molar-refractivity contribution in [3.63, 3.8) is 0 Å². The van der Waals surface area contributed by atoms with Crippen molar-refractivity contribution >= 4 is 5.97 Å². The molecule has 3 rings (SSSR count). The maximum Gasteiger partial charge on any atom is 0.336 e. The fraction of sp³-hybridized carbons (Fsp3) is 0.632. The molecule has 0 radical (unpaired) electrons. The lowest BCUT2D eigenvalue weighted by Crippen LogP contribution is -2.49. The first-order chi connectivity index (χ1) is 10.6. The van der Waals surface area contributed by atoms with E-state index in [0.29, 0.717) is 16.9 Å². The van der Waals surface area contributed by atoms with E-state index in [0.717, 1.165) is 19.3 Å². The van der Waals surface area contributed by atoms with Crippen LogP contribution in [-0.4, -0.2) is 22.3 Å². The van der Waals surface area contributed by atoms with Gasteiger partial charge in [0.05, 0.1) is 5.56 Å². The van der Waals surface area contributed by atoms with Gasteiger partial charge in [0, 0.05) is 22.0 Å². The number of hydrogen-bond donors (Lipinski definition) is 2. The van der Waals surface area contributed by atoms with Gasteiger partial charge in [-0.05, 0) is 24.8 Å². The largest absolute Gasteiger partial charge is 0.504 e. The molecule has 1 aliphatic heterocycles. The number of ether oxygens (including phenoxy) is 1. The van der Waals surface area contributed by atoms with Crippen molar-refractivity contribution in [3.05, 3.63) is 22.8 Å². The van der Waals surface area contributed by atoms with Crippen molar-refractivity contribution in [2.24, 2.45) is 5.41 Å². The molecule has 2 atom stereocenters. The minimum absolute atomic E-state index is 0.0328. The summed E-state index contributed by atoms with van der Waals surface area (Å²) in [6.45, 7) is 10.3. The molecule has 1 aromatic carbocycles. The van der Waals surface area contributed by atoms with E-state index in [2.05, 4.69) is 20.8 Å². The molecule has 0 amide bonds. The van der Waals surface area contributed by atoms with Gasteiger partial charge in [0.15, 0.2) is 11.5 Å². The third kappa shape index (κ3) is 2.14. The molecular weight excluding hydrogens is 292 g/mol. The summed E-state index contributed by atoms with van der Waals surface area (Å²) >= 11 is 0. The summed E-state index contributed by atoms with van der Waals surface area (Å²) in [6, 6.07) is 1.64. The lowest BCUT2D eigenvalue weighted by Gasteiger charge is -2.45. The molecule has 4 heteroatoms. The molecular formula is C19H26O4. The van der Waals surface area contributed by atoms with E-state index >= 15 is 0 Å². The van der Waals surface area contributed by atoms with Gasteiger partial charge in [-0.2, -0.15) is 0 Å². The molecule has 0 bridgehead atoms. The van der Waals surface area contributed by atoms with Gasteiger partial charge in [-0.3, -0.25) is 0 Å². The molecule has 1 aliphatic carbocycles. The number of rotatable bonds is 2. The Morgan fingerprint density at radius 3 is 2.52 bits per heavy atom. The summed E-state index contributed by atoms with van der Waals surface area (Å²) in [4.78, 5) is 11.9. The fourth-order valence-electron chi connectivity index (χ4n) is 4.66. The summed E-state index contributed by atoms with van der Waals surface area (Å²) in [7, 11) is 0. The lowest BCUT2D eigenvalue weighted by atomic mass is 9.60. The number of hydrogen-bond acceptors (Lipinski definition) is 3. The molecule has 0 unspecified atom stereocenters. The zero-order valence-electron chi connectivity index (χ0n) is 14.6. The van der Waals surface area contributed by atoms with Gasteiger partial charge in [0.25, 0.3) is 0 Å². The number of aromatic carboxylic acids is 1. The molecule has 1 aromatic rings. The number of carboxylic acid groups (broad SMARTS) is 1. The van der Waals surface area contributed by atoms with Crippen LogP contribution in [-0.2, 0) is 5.41 Å². The minimum Gasteiger partial charge on any atom is -0.504 e. The summed E-state index contributed by atoms with van der Waals surface area (Å²) in [5, 5.41) is 20.4. The molecule has 23 heavy (non-hydrogen) atoms. The second-order valence-electron chi connectivity index (χ2n) is 8.28. The molecule has 4 nitrogen and oxygen atoms in total. The van der Waals surface area contributed by atoms with Crippen LogP contribution in [0, 0.1) is 5.41 Å². The third-order valence-corrected chi connectivity index (χ3v) is 5.75. The Kier molecular flexibility index (Phi) is 3.44. The Morgan fingerprint density at radius 1 is 1.30 bits per heavy atom. The van der Waals surface area contributed by atoms with Gasteiger partial charge >= 0.3 is 5.97 Å². The second-order valence-corrected chi connectivity index (χ2v) is 8.28. The highest BCUT2D eigenvalue weighted by molar-refractivity contribution is 5.92. The molecule has 0 aromatic heterocycles. The third-order valence-electron chi connectivity index (χ3n) is 5.75. The SMILES string of the molecule is CC(C)c1cc(C(=O)O)c2c(c1O)O[C@H]1C(C)(C)CCC[C@]21C. The van der Waals surface area contributed by atoms with Crippen molar-refractivity contribution in [2.45, 2.75) is 71.3 Å². The predicted octanol–water partition coefficient (Wildman–Crippen LogP) is 4.44. The van der Waals surface area contributed by atoms with Crippen LogP contribution in [0.25, 0.3) is 0 Å². The number of aromatic hydroxyl groups is 1. The van der Waals surface area contributed by atoms with Crippen LogP contribution in [0.1, 0.15) is 81.3 Å². The highest BCUT2D eigenvalue weighted by Gasteiger charge is 2.56. The van der Waals surface area contributed by atoms with Crippen LogP contribution >= 0.6 is 0 Å². The van der Waals surface area contributed by atoms with Crippen LogP contribution in [0.4, 0.5) is 0 Å². The fourth-order valence-corrected chi connectivity index (χ4v) is 4.66. The number of fused-ring (bicyclic) bond motifs is 3. The smallest absolute Gasteiger partial charge is 0.336 e. The summed E-state index contributed by atoms with van der Waals surface area (Å²) in [6.07, 6.45) is 2.86. The number of carbonyl (C=O) groups is 1. The molecule has 0 spiro atoms. The Balaban J connectivity index is 2.30. The molecule has 2 N–H and O–H groups in total. The Bertz CT molecular complexity index is 674. The van der Waals surface area contributed by atoms with E-state index in [-0.39, 0.29) is 34.2 Å².